The highest BCUT2D eigenvalue weighted by Crippen LogP contribution is 2.33. The summed E-state index contributed by atoms with van der Waals surface area (Å²) in [5, 5.41) is 46.3. The summed E-state index contributed by atoms with van der Waals surface area (Å²) in [6.07, 6.45) is 0. The van der Waals surface area contributed by atoms with Crippen molar-refractivity contribution in [1.82, 2.24) is 0 Å². The maximum Gasteiger partial charge on any atom is 0.314 e. The molecule has 0 bridgehead atoms. The zero-order valence-electron chi connectivity index (χ0n) is 30.4. The van der Waals surface area contributed by atoms with Crippen LogP contribution in [0.3, 0.4) is 0 Å². The quantitative estimate of drug-likeness (QED) is 0.0350. The van der Waals surface area contributed by atoms with E-state index in [4.69, 9.17) is 48.1 Å². The average molecular weight is 785 g/mol. The van der Waals surface area contributed by atoms with Gasteiger partial charge in [0.25, 0.3) is 0 Å². The molecule has 0 radical (unpaired) electrons. The molecule has 56 heavy (non-hydrogen) atoms. The van der Waals surface area contributed by atoms with Gasteiger partial charge in [0, 0.05) is 75.5 Å². The van der Waals surface area contributed by atoms with Gasteiger partial charge in [-0.1, -0.05) is 0 Å². The maximum absolute atomic E-state index is 12.4. The molecule has 300 valence electrons. The Morgan fingerprint density at radius 3 is 0.946 bits per heavy atom. The summed E-state index contributed by atoms with van der Waals surface area (Å²) in [6.45, 7) is -0.0801. The Hall–Kier alpha value is -7.00. The first kappa shape index (κ1) is 43.4. The molecule has 20 nitrogen and oxygen atoms in total. The Bertz CT molecular complexity index is 1820. The number of phenols is 4. The molecule has 0 spiro atoms. The SMILES string of the molecule is COCOc1ccc(NC(=O)C(=O)Nc2ccc(OCOC)c(OCOC)c2)cc1OCOC.O=C(Nc1ccc(O)c(O)c1)C(=O)Nc1ccc(O)c(O)c1. The zero-order valence-corrected chi connectivity index (χ0v) is 30.4. The lowest BCUT2D eigenvalue weighted by atomic mass is 10.2. The topological polar surface area (TPSA) is 271 Å². The predicted molar refractivity (Wildman–Crippen MR) is 197 cm³/mol. The summed E-state index contributed by atoms with van der Waals surface area (Å²) in [5.41, 5.74) is 0.847. The van der Waals surface area contributed by atoms with E-state index >= 15 is 0 Å². The van der Waals surface area contributed by atoms with Crippen molar-refractivity contribution in [1.29, 1.82) is 0 Å². The minimum Gasteiger partial charge on any atom is -0.504 e. The molecule has 0 saturated heterocycles. The van der Waals surface area contributed by atoms with Crippen LogP contribution in [0, 0.1) is 0 Å². The number of phenolic OH excluding ortho intramolecular Hbond substituents is 4. The van der Waals surface area contributed by atoms with Gasteiger partial charge in [0.2, 0.25) is 0 Å². The number of hydrogen-bond acceptors (Lipinski definition) is 16. The highest BCUT2D eigenvalue weighted by molar-refractivity contribution is 6.44. The summed E-state index contributed by atoms with van der Waals surface area (Å²) in [6, 6.07) is 16.3. The van der Waals surface area contributed by atoms with Gasteiger partial charge in [-0.2, -0.15) is 0 Å². The summed E-state index contributed by atoms with van der Waals surface area (Å²) in [4.78, 5) is 48.2. The van der Waals surface area contributed by atoms with Crippen molar-refractivity contribution < 1.29 is 77.5 Å². The molecular formula is C36H40N4O16. The Kier molecular flexibility index (Phi) is 17.3. The first-order chi connectivity index (χ1) is 26.9. The minimum atomic E-state index is -1.02. The van der Waals surface area contributed by atoms with E-state index < -0.39 is 35.1 Å². The third-order valence-electron chi connectivity index (χ3n) is 6.61. The van der Waals surface area contributed by atoms with Crippen LogP contribution in [0.15, 0.2) is 72.8 Å². The molecule has 0 saturated carbocycles. The van der Waals surface area contributed by atoms with Crippen LogP contribution in [0.5, 0.6) is 46.0 Å². The molecule has 0 aromatic heterocycles. The number of nitrogens with one attached hydrogen (secondary N) is 4. The second-order valence-corrected chi connectivity index (χ2v) is 10.7. The lowest BCUT2D eigenvalue weighted by Crippen LogP contribution is -2.29. The predicted octanol–water partition coefficient (Wildman–Crippen LogP) is 3.28. The smallest absolute Gasteiger partial charge is 0.314 e. The number of hydrogen-bond donors (Lipinski definition) is 8. The number of benzene rings is 4. The fourth-order valence-corrected chi connectivity index (χ4v) is 4.08. The molecule has 0 aliphatic carbocycles. The third-order valence-corrected chi connectivity index (χ3v) is 6.61. The molecule has 0 heterocycles. The van der Waals surface area contributed by atoms with Crippen LogP contribution in [0.2, 0.25) is 0 Å². The van der Waals surface area contributed by atoms with Crippen LogP contribution in [0.25, 0.3) is 0 Å². The highest BCUT2D eigenvalue weighted by atomic mass is 16.7. The van der Waals surface area contributed by atoms with Crippen molar-refractivity contribution >= 4 is 46.4 Å². The van der Waals surface area contributed by atoms with E-state index in [0.717, 1.165) is 24.3 Å². The van der Waals surface area contributed by atoms with Gasteiger partial charge in [-0.25, -0.2) is 0 Å². The molecule has 4 rings (SSSR count). The van der Waals surface area contributed by atoms with Gasteiger partial charge in [0.05, 0.1) is 0 Å². The molecule has 20 heteroatoms. The molecule has 0 unspecified atom stereocenters. The van der Waals surface area contributed by atoms with Gasteiger partial charge in [-0.3, -0.25) is 19.2 Å². The Morgan fingerprint density at radius 2 is 0.661 bits per heavy atom. The third kappa shape index (κ3) is 13.8. The number of anilines is 4. The largest absolute Gasteiger partial charge is 0.504 e. The number of amides is 4. The fourth-order valence-electron chi connectivity index (χ4n) is 4.08. The zero-order chi connectivity index (χ0) is 41.0. The van der Waals surface area contributed by atoms with Crippen molar-refractivity contribution in [2.75, 3.05) is 76.9 Å². The van der Waals surface area contributed by atoms with E-state index in [1.165, 1.54) is 52.7 Å². The Morgan fingerprint density at radius 1 is 0.393 bits per heavy atom. The highest BCUT2D eigenvalue weighted by Gasteiger charge is 2.18. The monoisotopic (exact) mass is 784 g/mol. The average Bonchev–Trinajstić information content (AvgIpc) is 3.18. The van der Waals surface area contributed by atoms with Crippen molar-refractivity contribution in [3.05, 3.63) is 72.8 Å². The second kappa shape index (κ2) is 22.3. The van der Waals surface area contributed by atoms with E-state index in [1.807, 2.05) is 0 Å². The van der Waals surface area contributed by atoms with Crippen molar-refractivity contribution in [2.45, 2.75) is 0 Å². The van der Waals surface area contributed by atoms with Crippen LogP contribution in [0.1, 0.15) is 0 Å². The van der Waals surface area contributed by atoms with Crippen molar-refractivity contribution in [2.24, 2.45) is 0 Å². The minimum absolute atomic E-state index is 0.00281. The van der Waals surface area contributed by atoms with Gasteiger partial charge >= 0.3 is 23.6 Å². The normalized spacial score (nSPS) is 10.2. The summed E-state index contributed by atoms with van der Waals surface area (Å²) < 4.78 is 41.3. The number of ether oxygens (including phenoxy) is 8. The number of carbonyl (C=O) groups excluding carboxylic acids is 4. The fraction of sp³-hybridized carbons (Fsp3) is 0.222. The van der Waals surface area contributed by atoms with Crippen molar-refractivity contribution in [3.63, 3.8) is 0 Å². The first-order valence-corrected chi connectivity index (χ1v) is 15.9. The van der Waals surface area contributed by atoms with Crippen LogP contribution in [0.4, 0.5) is 22.7 Å². The van der Waals surface area contributed by atoms with Gasteiger partial charge in [0.1, 0.15) is 0 Å². The Labute approximate surface area is 319 Å². The Balaban J connectivity index is 0.000000329. The number of carbonyl (C=O) groups is 4. The molecule has 4 aromatic carbocycles. The van der Waals surface area contributed by atoms with Gasteiger partial charge in [-0.05, 0) is 48.5 Å². The summed E-state index contributed by atoms with van der Waals surface area (Å²) >= 11 is 0. The molecule has 0 atom stereocenters. The van der Waals surface area contributed by atoms with E-state index in [9.17, 15) is 29.4 Å². The molecule has 0 aliphatic rings. The standard InChI is InChI=1S/C22H28N2O10.C14H12N2O6/c1-27-11-31-17-7-5-15(9-19(17)33-13-29-3)23-21(25)22(26)24-16-6-8-18(32-12-28-2)20(10-16)34-14-30-4;17-9-3-1-7(5-11(9)19)15-13(21)14(22)16-8-2-4-10(18)12(20)6-8/h5-10H,11-14H2,1-4H3,(H,23,25)(H,24,26);1-6,17-20H,(H,15,21)(H,16,22). The van der Waals surface area contributed by atoms with E-state index in [-0.39, 0.29) is 50.0 Å². The van der Waals surface area contributed by atoms with Crippen LogP contribution in [-0.2, 0) is 38.1 Å². The van der Waals surface area contributed by atoms with E-state index in [1.54, 1.807) is 24.3 Å². The maximum atomic E-state index is 12.4. The lowest BCUT2D eigenvalue weighted by molar-refractivity contribution is -0.133. The second-order valence-electron chi connectivity index (χ2n) is 10.7. The van der Waals surface area contributed by atoms with Crippen molar-refractivity contribution in [3.8, 4) is 46.0 Å². The van der Waals surface area contributed by atoms with Gasteiger partial charge < -0.3 is 79.6 Å². The molecule has 0 fully saturated rings. The van der Waals surface area contributed by atoms with E-state index in [2.05, 4.69) is 21.3 Å². The molecule has 4 amide bonds. The first-order valence-electron chi connectivity index (χ1n) is 15.9. The van der Waals surface area contributed by atoms with Crippen LogP contribution < -0.4 is 40.2 Å². The van der Waals surface area contributed by atoms with Gasteiger partial charge in [0.15, 0.2) is 73.2 Å². The van der Waals surface area contributed by atoms with Crippen LogP contribution >= 0.6 is 0 Å². The molecule has 0 aliphatic heterocycles. The molecule has 8 N–H and O–H groups in total. The van der Waals surface area contributed by atoms with E-state index in [0.29, 0.717) is 34.4 Å². The molecule has 4 aromatic rings. The lowest BCUT2D eigenvalue weighted by Gasteiger charge is -2.14. The summed E-state index contributed by atoms with van der Waals surface area (Å²) in [7, 11) is 5.90. The molecular weight excluding hydrogens is 744 g/mol. The summed E-state index contributed by atoms with van der Waals surface area (Å²) in [5.74, 6) is -4.10. The number of aromatic hydroxyl groups is 4. The van der Waals surface area contributed by atoms with Crippen LogP contribution in [-0.4, -0.2) is 99.7 Å². The number of rotatable bonds is 16. The number of methoxy groups -OCH3 is 4. The van der Waals surface area contributed by atoms with Gasteiger partial charge in [-0.15, -0.1) is 0 Å².